The number of nitrogens with one attached hydrogen (secondary N) is 1. The molecule has 5 heteroatoms. The number of nitrogens with two attached hydrogens (primary N) is 1. The first kappa shape index (κ1) is 12.3. The van der Waals surface area contributed by atoms with Gasteiger partial charge in [0.05, 0.1) is 5.52 Å². The molecule has 3 N–H and O–H groups in total. The summed E-state index contributed by atoms with van der Waals surface area (Å²) in [5, 5.41) is 3.31. The van der Waals surface area contributed by atoms with E-state index in [4.69, 9.17) is 5.73 Å². The molecule has 0 atom stereocenters. The second-order valence-corrected chi connectivity index (χ2v) is 4.50. The Balaban J connectivity index is 1.69. The molecule has 0 aliphatic carbocycles. The van der Waals surface area contributed by atoms with Gasteiger partial charge in [0.1, 0.15) is 5.52 Å². The fourth-order valence-corrected chi connectivity index (χ4v) is 2.04. The number of aromatic nitrogens is 3. The lowest BCUT2D eigenvalue weighted by atomic mass is 10.1. The molecule has 1 aromatic carbocycles. The molecule has 3 aromatic rings. The Morgan fingerprint density at radius 2 is 1.70 bits per heavy atom. The van der Waals surface area contributed by atoms with Crippen molar-refractivity contribution < 1.29 is 0 Å². The van der Waals surface area contributed by atoms with Crippen LogP contribution in [0.1, 0.15) is 5.56 Å². The molecule has 0 fully saturated rings. The Hall–Kier alpha value is -2.69. The van der Waals surface area contributed by atoms with E-state index in [2.05, 4.69) is 20.3 Å². The standard InChI is InChI=1S/C15H15N5/c16-12-3-1-11(2-4-12)5-7-19-15-14-13(6-8-20-15)17-9-10-18-14/h1-4,6,8-10H,5,7,16H2,(H,19,20). The lowest BCUT2D eigenvalue weighted by Gasteiger charge is -2.07. The van der Waals surface area contributed by atoms with E-state index in [1.807, 2.05) is 30.3 Å². The van der Waals surface area contributed by atoms with Crippen LogP contribution in [0, 0.1) is 0 Å². The maximum Gasteiger partial charge on any atom is 0.154 e. The van der Waals surface area contributed by atoms with Crippen LogP contribution in [0.2, 0.25) is 0 Å². The van der Waals surface area contributed by atoms with Gasteiger partial charge in [0.15, 0.2) is 5.82 Å². The topological polar surface area (TPSA) is 76.7 Å². The Kier molecular flexibility index (Phi) is 3.41. The Labute approximate surface area is 116 Å². The number of nitrogens with zero attached hydrogens (tertiary/aromatic N) is 3. The summed E-state index contributed by atoms with van der Waals surface area (Å²) in [5.74, 6) is 0.769. The van der Waals surface area contributed by atoms with Gasteiger partial charge < -0.3 is 11.1 Å². The number of pyridine rings is 1. The highest BCUT2D eigenvalue weighted by Gasteiger charge is 2.03. The summed E-state index contributed by atoms with van der Waals surface area (Å²) in [6, 6.07) is 9.75. The molecular formula is C15H15N5. The minimum absolute atomic E-state index is 0.769. The zero-order chi connectivity index (χ0) is 13.8. The number of benzene rings is 1. The molecule has 100 valence electrons. The number of hydrogen-bond acceptors (Lipinski definition) is 5. The van der Waals surface area contributed by atoms with Crippen molar-refractivity contribution in [3.63, 3.8) is 0 Å². The van der Waals surface area contributed by atoms with Crippen LogP contribution < -0.4 is 11.1 Å². The maximum absolute atomic E-state index is 5.67. The zero-order valence-electron chi connectivity index (χ0n) is 11.0. The van der Waals surface area contributed by atoms with Crippen molar-refractivity contribution in [3.8, 4) is 0 Å². The van der Waals surface area contributed by atoms with Crippen LogP contribution in [0.15, 0.2) is 48.9 Å². The molecule has 0 aliphatic rings. The van der Waals surface area contributed by atoms with E-state index in [0.717, 1.165) is 35.5 Å². The molecule has 0 saturated carbocycles. The van der Waals surface area contributed by atoms with E-state index in [1.165, 1.54) is 5.56 Å². The third kappa shape index (κ3) is 2.66. The molecule has 0 saturated heterocycles. The first-order chi connectivity index (χ1) is 9.83. The van der Waals surface area contributed by atoms with Gasteiger partial charge in [-0.3, -0.25) is 4.98 Å². The number of nitrogen functional groups attached to an aromatic ring is 1. The zero-order valence-corrected chi connectivity index (χ0v) is 11.0. The van der Waals surface area contributed by atoms with Crippen LogP contribution in [0.25, 0.3) is 11.0 Å². The van der Waals surface area contributed by atoms with Crippen molar-refractivity contribution in [2.45, 2.75) is 6.42 Å². The largest absolute Gasteiger partial charge is 0.399 e. The van der Waals surface area contributed by atoms with E-state index in [0.29, 0.717) is 0 Å². The van der Waals surface area contributed by atoms with Crippen LogP contribution in [0.5, 0.6) is 0 Å². The lowest BCUT2D eigenvalue weighted by molar-refractivity contribution is 1.01. The second-order valence-electron chi connectivity index (χ2n) is 4.50. The van der Waals surface area contributed by atoms with Gasteiger partial charge in [-0.15, -0.1) is 0 Å². The number of hydrogen-bond donors (Lipinski definition) is 2. The first-order valence-electron chi connectivity index (χ1n) is 6.47. The van der Waals surface area contributed by atoms with Gasteiger partial charge in [0.25, 0.3) is 0 Å². The van der Waals surface area contributed by atoms with Crippen molar-refractivity contribution >= 4 is 22.5 Å². The summed E-state index contributed by atoms with van der Waals surface area (Å²) in [7, 11) is 0. The summed E-state index contributed by atoms with van der Waals surface area (Å²) in [6.45, 7) is 0.784. The molecule has 3 rings (SSSR count). The maximum atomic E-state index is 5.67. The minimum atomic E-state index is 0.769. The highest BCUT2D eigenvalue weighted by Crippen LogP contribution is 2.15. The Morgan fingerprint density at radius 3 is 2.55 bits per heavy atom. The van der Waals surface area contributed by atoms with E-state index in [9.17, 15) is 0 Å². The van der Waals surface area contributed by atoms with Crippen molar-refractivity contribution in [3.05, 3.63) is 54.5 Å². The van der Waals surface area contributed by atoms with Gasteiger partial charge in [-0.25, -0.2) is 9.97 Å². The molecule has 20 heavy (non-hydrogen) atoms. The molecule has 0 unspecified atom stereocenters. The fraction of sp³-hybridized carbons (Fsp3) is 0.133. The highest BCUT2D eigenvalue weighted by atomic mass is 15.0. The predicted octanol–water partition coefficient (Wildman–Crippen LogP) is 2.26. The van der Waals surface area contributed by atoms with Gasteiger partial charge in [-0.05, 0) is 30.2 Å². The molecule has 2 aromatic heterocycles. The minimum Gasteiger partial charge on any atom is -0.399 e. The number of rotatable bonds is 4. The molecule has 0 amide bonds. The number of fused-ring (bicyclic) bond motifs is 1. The van der Waals surface area contributed by atoms with Crippen LogP contribution in [0.4, 0.5) is 11.5 Å². The molecule has 5 nitrogen and oxygen atoms in total. The van der Waals surface area contributed by atoms with Crippen LogP contribution in [-0.4, -0.2) is 21.5 Å². The lowest BCUT2D eigenvalue weighted by Crippen LogP contribution is -2.07. The van der Waals surface area contributed by atoms with E-state index in [1.54, 1.807) is 18.6 Å². The average molecular weight is 265 g/mol. The third-order valence-corrected chi connectivity index (χ3v) is 3.07. The summed E-state index contributed by atoms with van der Waals surface area (Å²) < 4.78 is 0. The predicted molar refractivity (Wildman–Crippen MR) is 80.4 cm³/mol. The van der Waals surface area contributed by atoms with Crippen LogP contribution in [-0.2, 0) is 6.42 Å². The van der Waals surface area contributed by atoms with Crippen LogP contribution >= 0.6 is 0 Å². The third-order valence-electron chi connectivity index (χ3n) is 3.07. The summed E-state index contributed by atoms with van der Waals surface area (Å²) in [6.07, 6.45) is 6.00. The van der Waals surface area contributed by atoms with Gasteiger partial charge in [-0.2, -0.15) is 0 Å². The molecule has 0 aliphatic heterocycles. The molecule has 0 radical (unpaired) electrons. The monoisotopic (exact) mass is 265 g/mol. The van der Waals surface area contributed by atoms with Gasteiger partial charge in [0, 0.05) is 30.8 Å². The molecule has 0 spiro atoms. The van der Waals surface area contributed by atoms with Crippen molar-refractivity contribution in [1.29, 1.82) is 0 Å². The quantitative estimate of drug-likeness (QED) is 0.708. The van der Waals surface area contributed by atoms with Crippen molar-refractivity contribution in [2.24, 2.45) is 0 Å². The Morgan fingerprint density at radius 1 is 0.900 bits per heavy atom. The fourth-order valence-electron chi connectivity index (χ4n) is 2.04. The SMILES string of the molecule is Nc1ccc(CCNc2nccc3nccnc23)cc1. The smallest absolute Gasteiger partial charge is 0.154 e. The summed E-state index contributed by atoms with van der Waals surface area (Å²) in [5.41, 5.74) is 9.33. The number of anilines is 2. The van der Waals surface area contributed by atoms with Crippen molar-refractivity contribution in [2.75, 3.05) is 17.6 Å². The van der Waals surface area contributed by atoms with Gasteiger partial charge in [-0.1, -0.05) is 12.1 Å². The van der Waals surface area contributed by atoms with E-state index in [-0.39, 0.29) is 0 Å². The molecule has 0 bridgehead atoms. The first-order valence-corrected chi connectivity index (χ1v) is 6.47. The van der Waals surface area contributed by atoms with Gasteiger partial charge in [0.2, 0.25) is 0 Å². The normalized spacial score (nSPS) is 10.6. The van der Waals surface area contributed by atoms with E-state index < -0.39 is 0 Å². The molecular weight excluding hydrogens is 250 g/mol. The van der Waals surface area contributed by atoms with Crippen LogP contribution in [0.3, 0.4) is 0 Å². The second kappa shape index (κ2) is 5.52. The Bertz CT molecular complexity index is 704. The highest BCUT2D eigenvalue weighted by molar-refractivity contribution is 5.84. The average Bonchev–Trinajstić information content (AvgIpc) is 2.49. The summed E-state index contributed by atoms with van der Waals surface area (Å²) >= 11 is 0. The summed E-state index contributed by atoms with van der Waals surface area (Å²) in [4.78, 5) is 12.9. The molecule has 2 heterocycles. The van der Waals surface area contributed by atoms with E-state index >= 15 is 0 Å². The van der Waals surface area contributed by atoms with Gasteiger partial charge >= 0.3 is 0 Å². The van der Waals surface area contributed by atoms with Crippen molar-refractivity contribution in [1.82, 2.24) is 15.0 Å².